The molecule has 2 aromatic carbocycles. The predicted octanol–water partition coefficient (Wildman–Crippen LogP) is 3.58. The summed E-state index contributed by atoms with van der Waals surface area (Å²) in [5.74, 6) is 0.501. The molecule has 1 atom stereocenters. The van der Waals surface area contributed by atoms with Gasteiger partial charge in [-0.25, -0.2) is 0 Å². The van der Waals surface area contributed by atoms with Gasteiger partial charge in [0.2, 0.25) is 0 Å². The molecule has 1 unspecified atom stereocenters. The van der Waals surface area contributed by atoms with Crippen LogP contribution in [-0.4, -0.2) is 19.0 Å². The van der Waals surface area contributed by atoms with Crippen molar-refractivity contribution in [2.75, 3.05) is 18.4 Å². The van der Waals surface area contributed by atoms with Gasteiger partial charge in [-0.2, -0.15) is 0 Å². The number of rotatable bonds is 5. The largest absolute Gasteiger partial charge is 0.384 e. The number of carbonyl (C=O) groups is 1. The Kier molecular flexibility index (Phi) is 4.42. The average molecular weight is 294 g/mol. The van der Waals surface area contributed by atoms with Gasteiger partial charge in [0.25, 0.3) is 5.91 Å². The van der Waals surface area contributed by atoms with Crippen molar-refractivity contribution < 1.29 is 4.79 Å². The van der Waals surface area contributed by atoms with E-state index in [0.717, 1.165) is 24.9 Å². The summed E-state index contributed by atoms with van der Waals surface area (Å²) in [5.41, 5.74) is 4.59. The fourth-order valence-corrected chi connectivity index (χ4v) is 2.97. The minimum Gasteiger partial charge on any atom is -0.384 e. The van der Waals surface area contributed by atoms with Crippen molar-refractivity contribution in [1.82, 2.24) is 5.32 Å². The van der Waals surface area contributed by atoms with Crippen LogP contribution in [0.3, 0.4) is 0 Å². The first-order valence-electron chi connectivity index (χ1n) is 7.98. The van der Waals surface area contributed by atoms with Gasteiger partial charge < -0.3 is 10.6 Å². The van der Waals surface area contributed by atoms with Gasteiger partial charge in [-0.05, 0) is 42.2 Å². The Morgan fingerprint density at radius 1 is 1.18 bits per heavy atom. The number of anilines is 1. The van der Waals surface area contributed by atoms with Crippen molar-refractivity contribution in [2.24, 2.45) is 0 Å². The highest BCUT2D eigenvalue weighted by molar-refractivity contribution is 5.94. The summed E-state index contributed by atoms with van der Waals surface area (Å²) in [6.45, 7) is 3.78. The lowest BCUT2D eigenvalue weighted by Gasteiger charge is -2.11. The predicted molar refractivity (Wildman–Crippen MR) is 90.4 cm³/mol. The van der Waals surface area contributed by atoms with Gasteiger partial charge in [0.1, 0.15) is 0 Å². The smallest absolute Gasteiger partial charge is 0.251 e. The van der Waals surface area contributed by atoms with E-state index in [0.29, 0.717) is 12.5 Å². The Morgan fingerprint density at radius 3 is 2.73 bits per heavy atom. The maximum atomic E-state index is 12.1. The lowest BCUT2D eigenvalue weighted by Crippen LogP contribution is -2.25. The van der Waals surface area contributed by atoms with Gasteiger partial charge in [0.05, 0.1) is 0 Å². The molecule has 1 amide bonds. The molecule has 3 heteroatoms. The molecule has 114 valence electrons. The number of nitrogens with one attached hydrogen (secondary N) is 2. The molecule has 0 saturated carbocycles. The Bertz CT molecular complexity index is 649. The van der Waals surface area contributed by atoms with Gasteiger partial charge in [0, 0.05) is 30.3 Å². The molecule has 0 aliphatic carbocycles. The van der Waals surface area contributed by atoms with Crippen LogP contribution in [0.15, 0.2) is 48.5 Å². The fourth-order valence-electron chi connectivity index (χ4n) is 2.97. The van der Waals surface area contributed by atoms with E-state index in [1.165, 1.54) is 16.8 Å². The zero-order chi connectivity index (χ0) is 15.4. The molecule has 1 heterocycles. The van der Waals surface area contributed by atoms with Crippen LogP contribution in [0.2, 0.25) is 0 Å². The van der Waals surface area contributed by atoms with Crippen LogP contribution in [0.1, 0.15) is 40.7 Å². The molecule has 0 radical (unpaired) electrons. The van der Waals surface area contributed by atoms with Gasteiger partial charge in [-0.3, -0.25) is 4.79 Å². The van der Waals surface area contributed by atoms with Crippen LogP contribution in [0.4, 0.5) is 5.69 Å². The molecule has 2 N–H and O–H groups in total. The Labute approximate surface area is 131 Å². The van der Waals surface area contributed by atoms with E-state index in [2.05, 4.69) is 41.8 Å². The zero-order valence-corrected chi connectivity index (χ0v) is 12.9. The number of fused-ring (bicyclic) bond motifs is 1. The van der Waals surface area contributed by atoms with Crippen LogP contribution in [0.25, 0.3) is 0 Å². The Morgan fingerprint density at radius 2 is 1.95 bits per heavy atom. The SMILES string of the molecule is CCc1ccc(C(=O)NCCC2CNc3ccccc32)cc1. The molecule has 3 rings (SSSR count). The molecule has 0 aromatic heterocycles. The van der Waals surface area contributed by atoms with Crippen molar-refractivity contribution >= 4 is 11.6 Å². The van der Waals surface area contributed by atoms with E-state index in [1.807, 2.05) is 24.3 Å². The van der Waals surface area contributed by atoms with E-state index >= 15 is 0 Å². The molecule has 2 aromatic rings. The first kappa shape index (κ1) is 14.6. The molecular weight excluding hydrogens is 272 g/mol. The lowest BCUT2D eigenvalue weighted by atomic mass is 9.98. The summed E-state index contributed by atoms with van der Waals surface area (Å²) >= 11 is 0. The third-order valence-electron chi connectivity index (χ3n) is 4.34. The summed E-state index contributed by atoms with van der Waals surface area (Å²) in [4.78, 5) is 12.1. The summed E-state index contributed by atoms with van der Waals surface area (Å²) < 4.78 is 0. The molecular formula is C19H22N2O. The van der Waals surface area contributed by atoms with Crippen LogP contribution < -0.4 is 10.6 Å². The standard InChI is InChI=1S/C19H22N2O/c1-2-14-7-9-15(10-8-14)19(22)20-12-11-16-13-21-18-6-4-3-5-17(16)18/h3-10,16,21H,2,11-13H2,1H3,(H,20,22). The lowest BCUT2D eigenvalue weighted by molar-refractivity contribution is 0.0952. The van der Waals surface area contributed by atoms with E-state index in [1.54, 1.807) is 0 Å². The molecule has 0 fully saturated rings. The van der Waals surface area contributed by atoms with Crippen molar-refractivity contribution in [3.63, 3.8) is 0 Å². The summed E-state index contributed by atoms with van der Waals surface area (Å²) in [6.07, 6.45) is 1.96. The topological polar surface area (TPSA) is 41.1 Å². The molecule has 0 bridgehead atoms. The molecule has 3 nitrogen and oxygen atoms in total. The number of hydrogen-bond donors (Lipinski definition) is 2. The number of hydrogen-bond acceptors (Lipinski definition) is 2. The molecule has 0 spiro atoms. The second-order valence-electron chi connectivity index (χ2n) is 5.76. The van der Waals surface area contributed by atoms with E-state index in [9.17, 15) is 4.79 Å². The number of carbonyl (C=O) groups excluding carboxylic acids is 1. The first-order chi connectivity index (χ1) is 10.8. The van der Waals surface area contributed by atoms with Gasteiger partial charge in [-0.1, -0.05) is 37.3 Å². The third kappa shape index (κ3) is 3.14. The number of benzene rings is 2. The number of amides is 1. The Hall–Kier alpha value is -2.29. The highest BCUT2D eigenvalue weighted by atomic mass is 16.1. The van der Waals surface area contributed by atoms with E-state index < -0.39 is 0 Å². The van der Waals surface area contributed by atoms with Crippen molar-refractivity contribution in [2.45, 2.75) is 25.7 Å². The third-order valence-corrected chi connectivity index (χ3v) is 4.34. The zero-order valence-electron chi connectivity index (χ0n) is 12.9. The highest BCUT2D eigenvalue weighted by Crippen LogP contribution is 2.32. The van der Waals surface area contributed by atoms with Crippen LogP contribution in [-0.2, 0) is 6.42 Å². The van der Waals surface area contributed by atoms with Crippen molar-refractivity contribution in [1.29, 1.82) is 0 Å². The minimum absolute atomic E-state index is 0.0156. The summed E-state index contributed by atoms with van der Waals surface area (Å²) in [6, 6.07) is 16.3. The molecule has 1 aliphatic heterocycles. The normalized spacial score (nSPS) is 16.0. The monoisotopic (exact) mass is 294 g/mol. The van der Waals surface area contributed by atoms with Gasteiger partial charge in [-0.15, -0.1) is 0 Å². The highest BCUT2D eigenvalue weighted by Gasteiger charge is 2.21. The van der Waals surface area contributed by atoms with E-state index in [4.69, 9.17) is 0 Å². The van der Waals surface area contributed by atoms with Crippen molar-refractivity contribution in [3.8, 4) is 0 Å². The second-order valence-corrected chi connectivity index (χ2v) is 5.76. The second kappa shape index (κ2) is 6.65. The summed E-state index contributed by atoms with van der Waals surface area (Å²) in [7, 11) is 0. The van der Waals surface area contributed by atoms with Crippen LogP contribution >= 0.6 is 0 Å². The fraction of sp³-hybridized carbons (Fsp3) is 0.316. The van der Waals surface area contributed by atoms with E-state index in [-0.39, 0.29) is 5.91 Å². The molecule has 0 saturated heterocycles. The molecule has 1 aliphatic rings. The quantitative estimate of drug-likeness (QED) is 0.885. The average Bonchev–Trinajstić information content (AvgIpc) is 2.98. The van der Waals surface area contributed by atoms with Crippen LogP contribution in [0, 0.1) is 0 Å². The molecule has 22 heavy (non-hydrogen) atoms. The summed E-state index contributed by atoms with van der Waals surface area (Å²) in [5, 5.41) is 6.45. The van der Waals surface area contributed by atoms with Gasteiger partial charge >= 0.3 is 0 Å². The number of aryl methyl sites for hydroxylation is 1. The van der Waals surface area contributed by atoms with Gasteiger partial charge in [0.15, 0.2) is 0 Å². The number of para-hydroxylation sites is 1. The first-order valence-corrected chi connectivity index (χ1v) is 7.98. The van der Waals surface area contributed by atoms with Crippen molar-refractivity contribution in [3.05, 3.63) is 65.2 Å². The maximum Gasteiger partial charge on any atom is 0.251 e. The Balaban J connectivity index is 1.52. The minimum atomic E-state index is 0.0156. The maximum absolute atomic E-state index is 12.1. The van der Waals surface area contributed by atoms with Crippen LogP contribution in [0.5, 0.6) is 0 Å².